The van der Waals surface area contributed by atoms with Crippen LogP contribution >= 0.6 is 15.9 Å². The van der Waals surface area contributed by atoms with Gasteiger partial charge in [-0.1, -0.05) is 13.8 Å². The van der Waals surface area contributed by atoms with Gasteiger partial charge in [0, 0.05) is 54.5 Å². The number of likely N-dealkylation sites (tertiary alicyclic amines) is 2. The van der Waals surface area contributed by atoms with Gasteiger partial charge in [0.25, 0.3) is 5.91 Å². The van der Waals surface area contributed by atoms with Gasteiger partial charge in [-0.05, 0) is 66.4 Å². The quantitative estimate of drug-likeness (QED) is 0.664. The van der Waals surface area contributed by atoms with Crippen LogP contribution in [0.1, 0.15) is 56.5 Å². The maximum Gasteiger partial charge on any atom is 0.410 e. The van der Waals surface area contributed by atoms with Gasteiger partial charge < -0.3 is 19.5 Å². The lowest BCUT2D eigenvalue weighted by Crippen LogP contribution is -2.38. The van der Waals surface area contributed by atoms with Crippen molar-refractivity contribution in [3.8, 4) is 0 Å². The maximum absolute atomic E-state index is 13.2. The van der Waals surface area contributed by atoms with Gasteiger partial charge in [0.05, 0.1) is 4.60 Å². The molecule has 2 fully saturated rings. The standard InChI is InChI=1S/C23H30BrN3O3/c1-13(2)19-17-8-14(6-7-18(17)25-20(19)24)21(28)26-9-15-11-27(12-16(15)10-26)22(29)30-23(3,4)5/h6-8,13,15-16,25H,9-12H2,1-5H3. The van der Waals surface area contributed by atoms with Gasteiger partial charge in [-0.25, -0.2) is 4.79 Å². The summed E-state index contributed by atoms with van der Waals surface area (Å²) in [6, 6.07) is 5.90. The summed E-state index contributed by atoms with van der Waals surface area (Å²) >= 11 is 3.61. The average molecular weight is 476 g/mol. The molecule has 7 heteroatoms. The molecule has 0 aliphatic carbocycles. The van der Waals surface area contributed by atoms with Crippen molar-refractivity contribution in [1.29, 1.82) is 0 Å². The molecule has 3 heterocycles. The number of carbonyl (C=O) groups excluding carboxylic acids is 2. The highest BCUT2D eigenvalue weighted by Crippen LogP contribution is 2.35. The van der Waals surface area contributed by atoms with Gasteiger partial charge in [-0.3, -0.25) is 4.79 Å². The summed E-state index contributed by atoms with van der Waals surface area (Å²) in [5.41, 5.74) is 2.47. The molecule has 2 aliphatic rings. The Kier molecular flexibility index (Phi) is 5.37. The first-order chi connectivity index (χ1) is 14.0. The third kappa shape index (κ3) is 3.96. The number of hydrogen-bond acceptors (Lipinski definition) is 3. The van der Waals surface area contributed by atoms with Crippen molar-refractivity contribution in [2.75, 3.05) is 26.2 Å². The number of rotatable bonds is 2. The van der Waals surface area contributed by atoms with Crippen LogP contribution < -0.4 is 0 Å². The van der Waals surface area contributed by atoms with Crippen molar-refractivity contribution < 1.29 is 14.3 Å². The van der Waals surface area contributed by atoms with Crippen molar-refractivity contribution in [3.05, 3.63) is 33.9 Å². The number of aromatic amines is 1. The molecule has 4 rings (SSSR count). The van der Waals surface area contributed by atoms with Crippen LogP contribution in [0.4, 0.5) is 4.79 Å². The number of nitrogens with one attached hydrogen (secondary N) is 1. The van der Waals surface area contributed by atoms with Crippen LogP contribution in [0.25, 0.3) is 10.9 Å². The number of carbonyl (C=O) groups is 2. The smallest absolute Gasteiger partial charge is 0.410 e. The van der Waals surface area contributed by atoms with Gasteiger partial charge in [0.2, 0.25) is 0 Å². The van der Waals surface area contributed by atoms with Crippen molar-refractivity contribution in [2.45, 2.75) is 46.1 Å². The molecule has 2 amide bonds. The molecular weight excluding hydrogens is 446 g/mol. The summed E-state index contributed by atoms with van der Waals surface area (Å²) < 4.78 is 6.48. The number of nitrogens with zero attached hydrogens (tertiary/aromatic N) is 2. The largest absolute Gasteiger partial charge is 0.444 e. The lowest BCUT2D eigenvalue weighted by molar-refractivity contribution is 0.0275. The number of hydrogen-bond donors (Lipinski definition) is 1. The number of ether oxygens (including phenoxy) is 1. The molecule has 2 atom stereocenters. The van der Waals surface area contributed by atoms with Gasteiger partial charge in [0.15, 0.2) is 0 Å². The Balaban J connectivity index is 1.46. The third-order valence-corrected chi connectivity index (χ3v) is 6.67. The van der Waals surface area contributed by atoms with Crippen LogP contribution in [0.15, 0.2) is 22.8 Å². The first-order valence-electron chi connectivity index (χ1n) is 10.6. The van der Waals surface area contributed by atoms with Crippen molar-refractivity contribution >= 4 is 38.8 Å². The first kappa shape index (κ1) is 21.2. The zero-order valence-electron chi connectivity index (χ0n) is 18.3. The maximum atomic E-state index is 13.2. The molecule has 6 nitrogen and oxygen atoms in total. The minimum Gasteiger partial charge on any atom is -0.444 e. The summed E-state index contributed by atoms with van der Waals surface area (Å²) in [7, 11) is 0. The Labute approximate surface area is 186 Å². The summed E-state index contributed by atoms with van der Waals surface area (Å²) in [6.07, 6.45) is -0.250. The van der Waals surface area contributed by atoms with Crippen LogP contribution in [0.5, 0.6) is 0 Å². The van der Waals surface area contributed by atoms with Crippen LogP contribution in [-0.2, 0) is 4.74 Å². The third-order valence-electron chi connectivity index (χ3n) is 6.04. The lowest BCUT2D eigenvalue weighted by Gasteiger charge is -2.26. The summed E-state index contributed by atoms with van der Waals surface area (Å²) in [5.74, 6) is 1.06. The number of aromatic nitrogens is 1. The molecular formula is C23H30BrN3O3. The Morgan fingerprint density at radius 1 is 1.10 bits per heavy atom. The van der Waals surface area contributed by atoms with Crippen molar-refractivity contribution in [1.82, 2.24) is 14.8 Å². The molecule has 0 bridgehead atoms. The number of fused-ring (bicyclic) bond motifs is 2. The van der Waals surface area contributed by atoms with E-state index in [-0.39, 0.29) is 12.0 Å². The topological polar surface area (TPSA) is 65.6 Å². The lowest BCUT2D eigenvalue weighted by atomic mass is 10.0. The highest BCUT2D eigenvalue weighted by Gasteiger charge is 2.44. The fourth-order valence-electron chi connectivity index (χ4n) is 4.69. The predicted octanol–water partition coefficient (Wildman–Crippen LogP) is 4.99. The molecule has 0 saturated carbocycles. The van der Waals surface area contributed by atoms with Crippen LogP contribution in [0.2, 0.25) is 0 Å². The molecule has 1 aromatic heterocycles. The number of halogens is 1. The second-order valence-corrected chi connectivity index (χ2v) is 10.7. The molecule has 2 saturated heterocycles. The number of amides is 2. The number of H-pyrrole nitrogens is 1. The Bertz CT molecular complexity index is 977. The predicted molar refractivity (Wildman–Crippen MR) is 121 cm³/mol. The highest BCUT2D eigenvalue weighted by atomic mass is 79.9. The van der Waals surface area contributed by atoms with E-state index >= 15 is 0 Å². The summed E-state index contributed by atoms with van der Waals surface area (Å²) in [6.45, 7) is 12.6. The second kappa shape index (κ2) is 7.59. The van der Waals surface area contributed by atoms with E-state index in [0.717, 1.165) is 21.1 Å². The van der Waals surface area contributed by atoms with E-state index in [9.17, 15) is 9.59 Å². The van der Waals surface area contributed by atoms with Crippen LogP contribution in [-0.4, -0.2) is 58.6 Å². The van der Waals surface area contributed by atoms with E-state index < -0.39 is 5.60 Å². The average Bonchev–Trinajstić information content (AvgIpc) is 3.28. The fourth-order valence-corrected chi connectivity index (χ4v) is 5.58. The normalized spacial score (nSPS) is 21.6. The monoisotopic (exact) mass is 475 g/mol. The van der Waals surface area contributed by atoms with Crippen LogP contribution in [0, 0.1) is 11.8 Å². The molecule has 0 spiro atoms. The molecule has 162 valence electrons. The summed E-state index contributed by atoms with van der Waals surface area (Å²) in [5, 5.41) is 1.10. The summed E-state index contributed by atoms with van der Waals surface area (Å²) in [4.78, 5) is 32.7. The molecule has 2 aromatic rings. The van der Waals surface area contributed by atoms with E-state index in [1.165, 1.54) is 5.56 Å². The second-order valence-electron chi connectivity index (χ2n) is 9.88. The molecule has 0 radical (unpaired) electrons. The number of benzene rings is 1. The first-order valence-corrected chi connectivity index (χ1v) is 11.4. The zero-order valence-corrected chi connectivity index (χ0v) is 19.9. The Morgan fingerprint density at radius 3 is 2.27 bits per heavy atom. The van der Waals surface area contributed by atoms with Gasteiger partial charge >= 0.3 is 6.09 Å². The minimum absolute atomic E-state index is 0.0714. The van der Waals surface area contributed by atoms with Crippen molar-refractivity contribution in [3.63, 3.8) is 0 Å². The van der Waals surface area contributed by atoms with Crippen LogP contribution in [0.3, 0.4) is 0 Å². The molecule has 2 aliphatic heterocycles. The van der Waals surface area contributed by atoms with Gasteiger partial charge in [0.1, 0.15) is 5.60 Å². The minimum atomic E-state index is -0.489. The van der Waals surface area contributed by atoms with Crippen molar-refractivity contribution in [2.24, 2.45) is 11.8 Å². The van der Waals surface area contributed by atoms with E-state index in [4.69, 9.17) is 4.74 Å². The molecule has 1 aromatic carbocycles. The molecule has 30 heavy (non-hydrogen) atoms. The highest BCUT2D eigenvalue weighted by molar-refractivity contribution is 9.10. The zero-order chi connectivity index (χ0) is 21.8. The van der Waals surface area contributed by atoms with E-state index in [1.807, 2.05) is 43.9 Å². The molecule has 1 N–H and O–H groups in total. The van der Waals surface area contributed by atoms with Gasteiger partial charge in [-0.2, -0.15) is 0 Å². The van der Waals surface area contributed by atoms with Gasteiger partial charge in [-0.15, -0.1) is 0 Å². The van der Waals surface area contributed by atoms with E-state index in [0.29, 0.717) is 43.9 Å². The Hall–Kier alpha value is -2.02. The molecule has 2 unspecified atom stereocenters. The fraction of sp³-hybridized carbons (Fsp3) is 0.565. The Morgan fingerprint density at radius 2 is 1.70 bits per heavy atom. The SMILES string of the molecule is CC(C)c1c(Br)[nH]c2ccc(C(=O)N3CC4CN(C(=O)OC(C)(C)C)CC4C3)cc12. The van der Waals surface area contributed by atoms with E-state index in [2.05, 4.69) is 34.8 Å². The van der Waals surface area contributed by atoms with E-state index in [1.54, 1.807) is 4.90 Å².